The van der Waals surface area contributed by atoms with Crippen LogP contribution in [0.2, 0.25) is 0 Å². The van der Waals surface area contributed by atoms with Gasteiger partial charge in [-0.05, 0) is 36.8 Å². The standard InChI is InChI=1S/C21H22N2O3S/c1-13(2)21(25)26-14(3)20(24)22-16-10-8-15(9-11-16)12-19-23-17-6-4-5-7-18(17)27-19/h4-11,13-14H,12H2,1-3H3,(H,22,24)/t14-/m1/s1. The number of nitrogens with one attached hydrogen (secondary N) is 1. The lowest BCUT2D eigenvalue weighted by Gasteiger charge is -2.15. The van der Waals surface area contributed by atoms with Gasteiger partial charge in [-0.15, -0.1) is 11.3 Å². The highest BCUT2D eigenvalue weighted by molar-refractivity contribution is 7.18. The second kappa shape index (κ2) is 8.31. The number of para-hydroxylation sites is 1. The fraction of sp³-hybridized carbons (Fsp3) is 0.286. The van der Waals surface area contributed by atoms with Crippen LogP contribution in [0.3, 0.4) is 0 Å². The lowest BCUT2D eigenvalue weighted by Crippen LogP contribution is -2.31. The van der Waals surface area contributed by atoms with Gasteiger partial charge in [0.05, 0.1) is 21.1 Å². The molecule has 0 aliphatic carbocycles. The van der Waals surface area contributed by atoms with Crippen LogP contribution >= 0.6 is 11.3 Å². The maximum Gasteiger partial charge on any atom is 0.309 e. The van der Waals surface area contributed by atoms with Crippen LogP contribution in [0, 0.1) is 5.92 Å². The van der Waals surface area contributed by atoms with Crippen LogP contribution in [0.4, 0.5) is 5.69 Å². The first-order valence-electron chi connectivity index (χ1n) is 8.87. The maximum absolute atomic E-state index is 12.1. The number of thiazole rings is 1. The molecule has 0 bridgehead atoms. The van der Waals surface area contributed by atoms with E-state index < -0.39 is 6.10 Å². The molecule has 3 aromatic rings. The van der Waals surface area contributed by atoms with Gasteiger partial charge in [0.25, 0.3) is 5.91 Å². The summed E-state index contributed by atoms with van der Waals surface area (Å²) in [6.07, 6.45) is -0.0852. The average Bonchev–Trinajstić information content (AvgIpc) is 3.05. The van der Waals surface area contributed by atoms with E-state index >= 15 is 0 Å². The van der Waals surface area contributed by atoms with Crippen LogP contribution in [-0.4, -0.2) is 23.0 Å². The lowest BCUT2D eigenvalue weighted by molar-refractivity contribution is -0.156. The highest BCUT2D eigenvalue weighted by Gasteiger charge is 2.19. The van der Waals surface area contributed by atoms with Crippen molar-refractivity contribution in [1.29, 1.82) is 0 Å². The van der Waals surface area contributed by atoms with Crippen LogP contribution in [-0.2, 0) is 20.7 Å². The van der Waals surface area contributed by atoms with Crippen LogP contribution < -0.4 is 5.32 Å². The quantitative estimate of drug-likeness (QED) is 0.641. The molecule has 0 saturated heterocycles. The van der Waals surface area contributed by atoms with E-state index in [4.69, 9.17) is 4.74 Å². The summed E-state index contributed by atoms with van der Waals surface area (Å²) in [6, 6.07) is 15.7. The van der Waals surface area contributed by atoms with Crippen molar-refractivity contribution in [2.45, 2.75) is 33.3 Å². The molecule has 140 valence electrons. The van der Waals surface area contributed by atoms with Gasteiger partial charge in [0.1, 0.15) is 0 Å². The van der Waals surface area contributed by atoms with Gasteiger partial charge in [-0.2, -0.15) is 0 Å². The number of benzene rings is 2. The summed E-state index contributed by atoms with van der Waals surface area (Å²) in [4.78, 5) is 28.4. The third-order valence-corrected chi connectivity index (χ3v) is 5.08. The summed E-state index contributed by atoms with van der Waals surface area (Å²) >= 11 is 1.69. The molecular formula is C21H22N2O3S. The predicted octanol–water partition coefficient (Wildman–Crippen LogP) is 4.41. The van der Waals surface area contributed by atoms with Gasteiger partial charge < -0.3 is 10.1 Å². The first-order chi connectivity index (χ1) is 12.9. The van der Waals surface area contributed by atoms with Crippen molar-refractivity contribution in [3.63, 3.8) is 0 Å². The first kappa shape index (κ1) is 19.0. The van der Waals surface area contributed by atoms with E-state index in [0.29, 0.717) is 5.69 Å². The third-order valence-electron chi connectivity index (χ3n) is 4.05. The number of carbonyl (C=O) groups is 2. The van der Waals surface area contributed by atoms with E-state index in [1.807, 2.05) is 42.5 Å². The van der Waals surface area contributed by atoms with Crippen LogP contribution in [0.5, 0.6) is 0 Å². The number of ether oxygens (including phenoxy) is 1. The van der Waals surface area contributed by atoms with Gasteiger partial charge in [0, 0.05) is 12.1 Å². The number of carbonyl (C=O) groups excluding carboxylic acids is 2. The first-order valence-corrected chi connectivity index (χ1v) is 9.69. The fourth-order valence-electron chi connectivity index (χ4n) is 2.48. The van der Waals surface area contributed by atoms with E-state index in [9.17, 15) is 9.59 Å². The Morgan fingerprint density at radius 2 is 1.78 bits per heavy atom. The molecule has 1 aromatic heterocycles. The second-order valence-corrected chi connectivity index (χ2v) is 7.79. The summed E-state index contributed by atoms with van der Waals surface area (Å²) in [5.74, 6) is -0.992. The minimum atomic E-state index is -0.831. The van der Waals surface area contributed by atoms with E-state index in [2.05, 4.69) is 16.4 Å². The SMILES string of the molecule is CC(C)C(=O)O[C@H](C)C(=O)Nc1ccc(Cc2nc3ccccc3s2)cc1. The maximum atomic E-state index is 12.1. The highest BCUT2D eigenvalue weighted by atomic mass is 32.1. The molecule has 6 heteroatoms. The Kier molecular flexibility index (Phi) is 5.86. The van der Waals surface area contributed by atoms with Crippen molar-refractivity contribution in [1.82, 2.24) is 4.98 Å². The zero-order valence-electron chi connectivity index (χ0n) is 15.6. The monoisotopic (exact) mass is 382 g/mol. The molecule has 1 N–H and O–H groups in total. The number of hydrogen-bond acceptors (Lipinski definition) is 5. The molecule has 0 aliphatic heterocycles. The molecule has 0 unspecified atom stereocenters. The van der Waals surface area contributed by atoms with E-state index in [-0.39, 0.29) is 17.8 Å². The Bertz CT molecular complexity index is 914. The summed E-state index contributed by atoms with van der Waals surface area (Å²) in [5.41, 5.74) is 2.80. The van der Waals surface area contributed by atoms with Crippen LogP contribution in [0.25, 0.3) is 10.2 Å². The van der Waals surface area contributed by atoms with Gasteiger partial charge in [-0.25, -0.2) is 4.98 Å². The number of nitrogens with zero attached hydrogens (tertiary/aromatic N) is 1. The number of amides is 1. The van der Waals surface area contributed by atoms with Gasteiger partial charge in [-0.3, -0.25) is 9.59 Å². The molecular weight excluding hydrogens is 360 g/mol. The Labute approximate surface area is 162 Å². The smallest absolute Gasteiger partial charge is 0.309 e. The van der Waals surface area contributed by atoms with Crippen LogP contribution in [0.15, 0.2) is 48.5 Å². The number of hydrogen-bond donors (Lipinski definition) is 1. The second-order valence-electron chi connectivity index (χ2n) is 6.67. The van der Waals surface area contributed by atoms with Gasteiger partial charge in [-0.1, -0.05) is 38.1 Å². The molecule has 0 saturated carbocycles. The predicted molar refractivity (Wildman–Crippen MR) is 108 cm³/mol. The number of rotatable bonds is 6. The molecule has 1 atom stereocenters. The highest BCUT2D eigenvalue weighted by Crippen LogP contribution is 2.24. The molecule has 0 radical (unpaired) electrons. The summed E-state index contributed by atoms with van der Waals surface area (Å²) < 4.78 is 6.30. The molecule has 0 spiro atoms. The van der Waals surface area contributed by atoms with Crippen LogP contribution in [0.1, 0.15) is 31.3 Å². The van der Waals surface area contributed by atoms with E-state index in [0.717, 1.165) is 22.5 Å². The van der Waals surface area contributed by atoms with Crippen molar-refractivity contribution in [2.75, 3.05) is 5.32 Å². The van der Waals surface area contributed by atoms with Crippen molar-refractivity contribution in [2.24, 2.45) is 5.92 Å². The molecule has 0 aliphatic rings. The summed E-state index contributed by atoms with van der Waals surface area (Å²) in [7, 11) is 0. The lowest BCUT2D eigenvalue weighted by atomic mass is 10.1. The van der Waals surface area contributed by atoms with Gasteiger partial charge in [0.2, 0.25) is 0 Å². The molecule has 27 heavy (non-hydrogen) atoms. The topological polar surface area (TPSA) is 68.3 Å². The molecule has 2 aromatic carbocycles. The third kappa shape index (κ3) is 4.92. The zero-order valence-corrected chi connectivity index (χ0v) is 16.4. The van der Waals surface area contributed by atoms with E-state index in [1.54, 1.807) is 32.1 Å². The van der Waals surface area contributed by atoms with Gasteiger partial charge >= 0.3 is 5.97 Å². The van der Waals surface area contributed by atoms with Crippen molar-refractivity contribution < 1.29 is 14.3 Å². The Morgan fingerprint density at radius 3 is 2.44 bits per heavy atom. The number of anilines is 1. The largest absolute Gasteiger partial charge is 0.452 e. The average molecular weight is 382 g/mol. The summed E-state index contributed by atoms with van der Waals surface area (Å²) in [5, 5.41) is 3.83. The minimum absolute atomic E-state index is 0.262. The fourth-order valence-corrected chi connectivity index (χ4v) is 3.49. The molecule has 3 rings (SSSR count). The zero-order chi connectivity index (χ0) is 19.4. The number of esters is 1. The van der Waals surface area contributed by atoms with Crippen molar-refractivity contribution >= 4 is 39.1 Å². The van der Waals surface area contributed by atoms with Crippen molar-refractivity contribution in [3.8, 4) is 0 Å². The number of aromatic nitrogens is 1. The normalized spacial score (nSPS) is 12.1. The van der Waals surface area contributed by atoms with E-state index in [1.165, 1.54) is 4.70 Å². The molecule has 1 amide bonds. The van der Waals surface area contributed by atoms with Crippen molar-refractivity contribution in [3.05, 3.63) is 59.1 Å². The summed E-state index contributed by atoms with van der Waals surface area (Å²) in [6.45, 7) is 5.03. The Morgan fingerprint density at radius 1 is 1.07 bits per heavy atom. The number of fused-ring (bicyclic) bond motifs is 1. The van der Waals surface area contributed by atoms with Gasteiger partial charge in [0.15, 0.2) is 6.10 Å². The molecule has 0 fully saturated rings. The molecule has 1 heterocycles. The Hall–Kier alpha value is -2.73. The molecule has 5 nitrogen and oxygen atoms in total. The Balaban J connectivity index is 1.59. The minimum Gasteiger partial charge on any atom is -0.452 e.